The van der Waals surface area contributed by atoms with Crippen molar-refractivity contribution in [2.24, 2.45) is 5.73 Å². The lowest BCUT2D eigenvalue weighted by molar-refractivity contribution is -0.131. The molecule has 1 fully saturated rings. The van der Waals surface area contributed by atoms with Crippen molar-refractivity contribution < 1.29 is 4.79 Å². The second-order valence-corrected chi connectivity index (χ2v) is 6.15. The van der Waals surface area contributed by atoms with Crippen molar-refractivity contribution in [2.75, 3.05) is 13.1 Å². The van der Waals surface area contributed by atoms with E-state index in [2.05, 4.69) is 15.9 Å². The van der Waals surface area contributed by atoms with Crippen LogP contribution in [0.3, 0.4) is 0 Å². The Bertz CT molecular complexity index is 467. The first-order valence-corrected chi connectivity index (χ1v) is 7.72. The van der Waals surface area contributed by atoms with E-state index < -0.39 is 0 Å². The van der Waals surface area contributed by atoms with E-state index in [1.165, 1.54) is 0 Å². The molecular weight excluding hydrogens is 328 g/mol. The number of nitrogens with two attached hydrogens (primary N) is 1. The fourth-order valence-electron chi connectivity index (χ4n) is 2.53. The first-order chi connectivity index (χ1) is 9.11. The summed E-state index contributed by atoms with van der Waals surface area (Å²) in [4.78, 5) is 14.1. The van der Waals surface area contributed by atoms with Crippen molar-refractivity contribution >= 4 is 33.4 Å². The molecular formula is C14H18BrClN2O. The number of carbonyl (C=O) groups excluding carboxylic acids is 1. The van der Waals surface area contributed by atoms with Gasteiger partial charge < -0.3 is 10.6 Å². The molecule has 1 atom stereocenters. The molecule has 1 unspecified atom stereocenters. The van der Waals surface area contributed by atoms with Crippen LogP contribution in [-0.4, -0.2) is 29.9 Å². The van der Waals surface area contributed by atoms with E-state index in [0.29, 0.717) is 24.4 Å². The van der Waals surface area contributed by atoms with Gasteiger partial charge in [0.2, 0.25) is 5.91 Å². The number of rotatable bonds is 4. The average molecular weight is 346 g/mol. The molecule has 5 heteroatoms. The summed E-state index contributed by atoms with van der Waals surface area (Å²) in [6.45, 7) is 1.41. The van der Waals surface area contributed by atoms with Gasteiger partial charge in [0.15, 0.2) is 0 Å². The summed E-state index contributed by atoms with van der Waals surface area (Å²) < 4.78 is 1.00. The molecule has 1 aromatic carbocycles. The van der Waals surface area contributed by atoms with Gasteiger partial charge in [0.05, 0.1) is 0 Å². The molecule has 0 saturated carbocycles. The third-order valence-corrected chi connectivity index (χ3v) is 4.59. The lowest BCUT2D eigenvalue weighted by Gasteiger charge is -2.23. The molecule has 3 nitrogen and oxygen atoms in total. The standard InChI is InChI=1S/C14H18BrClN2O/c15-13-5-4-11(16)8-10(13)3-6-14(19)18-7-1-2-12(18)9-17/h4-5,8,12H,1-3,6-7,9,17H2. The smallest absolute Gasteiger partial charge is 0.223 e. The van der Waals surface area contributed by atoms with Gasteiger partial charge in [-0.2, -0.15) is 0 Å². The zero-order chi connectivity index (χ0) is 13.8. The van der Waals surface area contributed by atoms with Crippen LogP contribution in [0.1, 0.15) is 24.8 Å². The molecule has 0 aromatic heterocycles. The summed E-state index contributed by atoms with van der Waals surface area (Å²) in [6.07, 6.45) is 3.31. The van der Waals surface area contributed by atoms with E-state index in [1.807, 2.05) is 23.1 Å². The highest BCUT2D eigenvalue weighted by Crippen LogP contribution is 2.23. The quantitative estimate of drug-likeness (QED) is 0.912. The van der Waals surface area contributed by atoms with Crippen LogP contribution in [0.2, 0.25) is 5.02 Å². The molecule has 2 N–H and O–H groups in total. The molecule has 1 aliphatic rings. The highest BCUT2D eigenvalue weighted by molar-refractivity contribution is 9.10. The Kier molecular flexibility index (Phi) is 5.25. The number of halogens is 2. The summed E-state index contributed by atoms with van der Waals surface area (Å²) in [6, 6.07) is 5.89. The fraction of sp³-hybridized carbons (Fsp3) is 0.500. The Balaban J connectivity index is 1.95. The van der Waals surface area contributed by atoms with E-state index in [9.17, 15) is 4.79 Å². The molecule has 0 aliphatic carbocycles. The van der Waals surface area contributed by atoms with Crippen LogP contribution < -0.4 is 5.73 Å². The number of nitrogens with zero attached hydrogens (tertiary/aromatic N) is 1. The van der Waals surface area contributed by atoms with E-state index in [0.717, 1.165) is 29.4 Å². The number of aryl methyl sites for hydroxylation is 1. The second kappa shape index (κ2) is 6.73. The van der Waals surface area contributed by atoms with Gasteiger partial charge >= 0.3 is 0 Å². The summed E-state index contributed by atoms with van der Waals surface area (Å²) in [5.41, 5.74) is 6.77. The van der Waals surface area contributed by atoms with Crippen molar-refractivity contribution in [3.63, 3.8) is 0 Å². The molecule has 2 rings (SSSR count). The summed E-state index contributed by atoms with van der Waals surface area (Å²) in [7, 11) is 0. The molecule has 104 valence electrons. The lowest BCUT2D eigenvalue weighted by Crippen LogP contribution is -2.40. The Morgan fingerprint density at radius 2 is 2.32 bits per heavy atom. The number of hydrogen-bond donors (Lipinski definition) is 1. The summed E-state index contributed by atoms with van der Waals surface area (Å²) >= 11 is 9.46. The fourth-order valence-corrected chi connectivity index (χ4v) is 3.17. The minimum atomic E-state index is 0.194. The third kappa shape index (κ3) is 3.71. The third-order valence-electron chi connectivity index (χ3n) is 3.59. The van der Waals surface area contributed by atoms with Gasteiger partial charge in [0, 0.05) is 35.0 Å². The van der Waals surface area contributed by atoms with Gasteiger partial charge in [-0.05, 0) is 43.0 Å². The normalized spacial score (nSPS) is 18.9. The van der Waals surface area contributed by atoms with Crippen molar-refractivity contribution in [1.82, 2.24) is 4.90 Å². The van der Waals surface area contributed by atoms with Crippen LogP contribution in [0.5, 0.6) is 0 Å². The van der Waals surface area contributed by atoms with Crippen molar-refractivity contribution in [1.29, 1.82) is 0 Å². The van der Waals surface area contributed by atoms with Crippen LogP contribution in [0.15, 0.2) is 22.7 Å². The molecule has 1 amide bonds. The molecule has 19 heavy (non-hydrogen) atoms. The van der Waals surface area contributed by atoms with Crippen LogP contribution >= 0.6 is 27.5 Å². The number of amides is 1. The zero-order valence-electron chi connectivity index (χ0n) is 10.7. The van der Waals surface area contributed by atoms with Crippen LogP contribution in [0.25, 0.3) is 0 Å². The largest absolute Gasteiger partial charge is 0.338 e. The van der Waals surface area contributed by atoms with Gasteiger partial charge in [-0.1, -0.05) is 27.5 Å². The van der Waals surface area contributed by atoms with Gasteiger partial charge in [-0.15, -0.1) is 0 Å². The van der Waals surface area contributed by atoms with Gasteiger partial charge in [-0.3, -0.25) is 4.79 Å². The predicted molar refractivity (Wildman–Crippen MR) is 81.3 cm³/mol. The van der Waals surface area contributed by atoms with E-state index >= 15 is 0 Å². The minimum absolute atomic E-state index is 0.194. The van der Waals surface area contributed by atoms with E-state index in [1.54, 1.807) is 0 Å². The number of carbonyl (C=O) groups is 1. The molecule has 1 aliphatic heterocycles. The number of likely N-dealkylation sites (tertiary alicyclic amines) is 1. The Labute approximate surface area is 127 Å². The van der Waals surface area contributed by atoms with Gasteiger partial charge in [-0.25, -0.2) is 0 Å². The van der Waals surface area contributed by atoms with Crippen LogP contribution in [-0.2, 0) is 11.2 Å². The maximum Gasteiger partial charge on any atom is 0.223 e. The second-order valence-electron chi connectivity index (χ2n) is 4.85. The molecule has 0 spiro atoms. The molecule has 1 heterocycles. The van der Waals surface area contributed by atoms with Crippen LogP contribution in [0.4, 0.5) is 0 Å². The SMILES string of the molecule is NCC1CCCN1C(=O)CCc1cc(Cl)ccc1Br. The summed E-state index contributed by atoms with van der Waals surface area (Å²) in [5.74, 6) is 0.194. The Hall–Kier alpha value is -0.580. The molecule has 1 aromatic rings. The van der Waals surface area contributed by atoms with Gasteiger partial charge in [0.25, 0.3) is 0 Å². The van der Waals surface area contributed by atoms with Crippen molar-refractivity contribution in [2.45, 2.75) is 31.7 Å². The number of hydrogen-bond acceptors (Lipinski definition) is 2. The number of benzene rings is 1. The molecule has 1 saturated heterocycles. The molecule has 0 radical (unpaired) electrons. The van der Waals surface area contributed by atoms with E-state index in [-0.39, 0.29) is 11.9 Å². The van der Waals surface area contributed by atoms with Gasteiger partial charge in [0.1, 0.15) is 0 Å². The van der Waals surface area contributed by atoms with Crippen molar-refractivity contribution in [3.05, 3.63) is 33.3 Å². The van der Waals surface area contributed by atoms with E-state index in [4.69, 9.17) is 17.3 Å². The Morgan fingerprint density at radius 3 is 3.05 bits per heavy atom. The topological polar surface area (TPSA) is 46.3 Å². The lowest BCUT2D eigenvalue weighted by atomic mass is 10.1. The first-order valence-electron chi connectivity index (χ1n) is 6.55. The predicted octanol–water partition coefficient (Wildman–Crippen LogP) is 2.98. The highest BCUT2D eigenvalue weighted by atomic mass is 79.9. The monoisotopic (exact) mass is 344 g/mol. The highest BCUT2D eigenvalue weighted by Gasteiger charge is 2.26. The first kappa shape index (κ1) is 14.8. The maximum absolute atomic E-state index is 12.2. The molecule has 0 bridgehead atoms. The van der Waals surface area contributed by atoms with Crippen LogP contribution in [0, 0.1) is 0 Å². The van der Waals surface area contributed by atoms with Crippen molar-refractivity contribution in [3.8, 4) is 0 Å². The Morgan fingerprint density at radius 1 is 1.53 bits per heavy atom. The average Bonchev–Trinajstić information content (AvgIpc) is 2.88. The maximum atomic E-state index is 12.2. The summed E-state index contributed by atoms with van der Waals surface area (Å²) in [5, 5.41) is 0.701. The zero-order valence-corrected chi connectivity index (χ0v) is 13.1. The minimum Gasteiger partial charge on any atom is -0.338 e.